The molecule has 0 heterocycles. The standard InChI is InChI=1S/C12H13FO2/c1-2-15-12(14)5-3-4-10-6-8-11(13)9-7-10/h3,5-9H,2,4H2,1H3. The van der Waals surface area contributed by atoms with Gasteiger partial charge in [0.1, 0.15) is 5.82 Å². The quantitative estimate of drug-likeness (QED) is 0.561. The van der Waals surface area contributed by atoms with Crippen LogP contribution in [0.1, 0.15) is 12.5 Å². The Morgan fingerprint density at radius 2 is 2.07 bits per heavy atom. The Hall–Kier alpha value is -1.64. The van der Waals surface area contributed by atoms with Gasteiger partial charge in [0.15, 0.2) is 0 Å². The van der Waals surface area contributed by atoms with Crippen LogP contribution < -0.4 is 0 Å². The summed E-state index contributed by atoms with van der Waals surface area (Å²) >= 11 is 0. The minimum atomic E-state index is -0.348. The average Bonchev–Trinajstić information content (AvgIpc) is 2.21. The summed E-state index contributed by atoms with van der Waals surface area (Å²) in [6.45, 7) is 2.13. The van der Waals surface area contributed by atoms with Crippen molar-refractivity contribution in [3.05, 3.63) is 47.8 Å². The Morgan fingerprint density at radius 1 is 1.40 bits per heavy atom. The van der Waals surface area contributed by atoms with E-state index in [0.717, 1.165) is 5.56 Å². The normalized spacial score (nSPS) is 10.5. The lowest BCUT2D eigenvalue weighted by molar-refractivity contribution is -0.137. The van der Waals surface area contributed by atoms with Crippen LogP contribution in [-0.4, -0.2) is 12.6 Å². The van der Waals surface area contributed by atoms with Crippen molar-refractivity contribution < 1.29 is 13.9 Å². The topological polar surface area (TPSA) is 26.3 Å². The van der Waals surface area contributed by atoms with Gasteiger partial charge in [0.25, 0.3) is 0 Å². The van der Waals surface area contributed by atoms with Gasteiger partial charge in [-0.1, -0.05) is 18.2 Å². The van der Waals surface area contributed by atoms with E-state index in [2.05, 4.69) is 0 Å². The third-order valence-corrected chi connectivity index (χ3v) is 1.81. The molecule has 3 heteroatoms. The van der Waals surface area contributed by atoms with E-state index in [1.165, 1.54) is 18.2 Å². The van der Waals surface area contributed by atoms with Crippen LogP contribution in [0.5, 0.6) is 0 Å². The molecule has 0 radical (unpaired) electrons. The first-order valence-corrected chi connectivity index (χ1v) is 4.80. The summed E-state index contributed by atoms with van der Waals surface area (Å²) in [5.74, 6) is -0.604. The van der Waals surface area contributed by atoms with Gasteiger partial charge in [-0.2, -0.15) is 0 Å². The van der Waals surface area contributed by atoms with E-state index in [4.69, 9.17) is 4.74 Å². The molecular formula is C12H13FO2. The summed E-state index contributed by atoms with van der Waals surface area (Å²) in [4.78, 5) is 10.9. The molecule has 1 rings (SSSR count). The monoisotopic (exact) mass is 208 g/mol. The smallest absolute Gasteiger partial charge is 0.330 e. The maximum atomic E-state index is 12.5. The average molecular weight is 208 g/mol. The number of esters is 1. The fraction of sp³-hybridized carbons (Fsp3) is 0.250. The number of carbonyl (C=O) groups excluding carboxylic acids is 1. The number of hydrogen-bond donors (Lipinski definition) is 0. The van der Waals surface area contributed by atoms with E-state index in [0.29, 0.717) is 13.0 Å². The number of halogens is 1. The molecule has 0 aliphatic carbocycles. The molecule has 1 aromatic carbocycles. The Bertz CT molecular complexity index is 341. The molecule has 0 amide bonds. The summed E-state index contributed by atoms with van der Waals surface area (Å²) in [5.41, 5.74) is 0.956. The maximum Gasteiger partial charge on any atom is 0.330 e. The van der Waals surface area contributed by atoms with E-state index < -0.39 is 0 Å². The number of benzene rings is 1. The van der Waals surface area contributed by atoms with Crippen LogP contribution in [0.15, 0.2) is 36.4 Å². The fourth-order valence-corrected chi connectivity index (χ4v) is 1.10. The van der Waals surface area contributed by atoms with Crippen LogP contribution in [0, 0.1) is 5.82 Å². The predicted molar refractivity (Wildman–Crippen MR) is 55.9 cm³/mol. The van der Waals surface area contributed by atoms with Gasteiger partial charge in [0, 0.05) is 6.08 Å². The summed E-state index contributed by atoms with van der Waals surface area (Å²) in [6.07, 6.45) is 3.68. The first-order chi connectivity index (χ1) is 7.22. The Kier molecular flexibility index (Phi) is 4.54. The molecule has 0 N–H and O–H groups in total. The molecule has 0 bridgehead atoms. The highest BCUT2D eigenvalue weighted by Gasteiger charge is 1.94. The second-order valence-electron chi connectivity index (χ2n) is 2.99. The molecule has 0 unspecified atom stereocenters. The molecule has 2 nitrogen and oxygen atoms in total. The van der Waals surface area contributed by atoms with Gasteiger partial charge in [-0.05, 0) is 31.0 Å². The number of hydrogen-bond acceptors (Lipinski definition) is 2. The number of allylic oxidation sites excluding steroid dienone is 1. The van der Waals surface area contributed by atoms with Crippen molar-refractivity contribution in [3.8, 4) is 0 Å². The van der Waals surface area contributed by atoms with Gasteiger partial charge in [-0.3, -0.25) is 0 Å². The lowest BCUT2D eigenvalue weighted by Gasteiger charge is -1.96. The van der Waals surface area contributed by atoms with Crippen molar-refractivity contribution in [3.63, 3.8) is 0 Å². The summed E-state index contributed by atoms with van der Waals surface area (Å²) in [5, 5.41) is 0. The largest absolute Gasteiger partial charge is 0.463 e. The second kappa shape index (κ2) is 5.96. The van der Waals surface area contributed by atoms with Crippen LogP contribution in [-0.2, 0) is 16.0 Å². The molecule has 0 spiro atoms. The Morgan fingerprint density at radius 3 is 2.67 bits per heavy atom. The van der Waals surface area contributed by atoms with Crippen molar-refractivity contribution in [2.24, 2.45) is 0 Å². The SMILES string of the molecule is CCOC(=O)C=CCc1ccc(F)cc1. The minimum Gasteiger partial charge on any atom is -0.463 e. The highest BCUT2D eigenvalue weighted by atomic mass is 19.1. The molecule has 80 valence electrons. The van der Waals surface area contributed by atoms with Gasteiger partial charge in [0.05, 0.1) is 6.61 Å². The minimum absolute atomic E-state index is 0.256. The van der Waals surface area contributed by atoms with E-state index in [-0.39, 0.29) is 11.8 Å². The summed E-state index contributed by atoms with van der Waals surface area (Å²) in [7, 11) is 0. The molecule has 0 saturated heterocycles. The second-order valence-corrected chi connectivity index (χ2v) is 2.99. The van der Waals surface area contributed by atoms with Gasteiger partial charge in [0.2, 0.25) is 0 Å². The van der Waals surface area contributed by atoms with Crippen LogP contribution >= 0.6 is 0 Å². The zero-order valence-electron chi connectivity index (χ0n) is 8.57. The third kappa shape index (κ3) is 4.40. The van der Waals surface area contributed by atoms with Crippen molar-refractivity contribution in [2.45, 2.75) is 13.3 Å². The van der Waals surface area contributed by atoms with Crippen LogP contribution in [0.2, 0.25) is 0 Å². The summed E-state index contributed by atoms with van der Waals surface area (Å²) < 4.78 is 17.3. The molecule has 0 aromatic heterocycles. The fourth-order valence-electron chi connectivity index (χ4n) is 1.10. The molecule has 0 saturated carbocycles. The number of rotatable bonds is 4. The zero-order valence-corrected chi connectivity index (χ0v) is 8.57. The van der Waals surface area contributed by atoms with Gasteiger partial charge >= 0.3 is 5.97 Å². The van der Waals surface area contributed by atoms with Crippen molar-refractivity contribution in [1.82, 2.24) is 0 Å². The number of carbonyl (C=O) groups is 1. The molecule has 1 aromatic rings. The third-order valence-electron chi connectivity index (χ3n) is 1.81. The molecular weight excluding hydrogens is 195 g/mol. The van der Waals surface area contributed by atoms with Gasteiger partial charge in [-0.25, -0.2) is 9.18 Å². The van der Waals surface area contributed by atoms with Gasteiger partial charge in [-0.15, -0.1) is 0 Å². The summed E-state index contributed by atoms with van der Waals surface area (Å²) in [6, 6.07) is 6.16. The Labute approximate surface area is 88.4 Å². The van der Waals surface area contributed by atoms with Crippen LogP contribution in [0.25, 0.3) is 0 Å². The predicted octanol–water partition coefficient (Wildman–Crippen LogP) is 2.49. The molecule has 0 aliphatic rings. The van der Waals surface area contributed by atoms with Crippen LogP contribution in [0.4, 0.5) is 4.39 Å². The molecule has 15 heavy (non-hydrogen) atoms. The first-order valence-electron chi connectivity index (χ1n) is 4.80. The first kappa shape index (κ1) is 11.4. The molecule has 0 fully saturated rings. The number of ether oxygens (including phenoxy) is 1. The van der Waals surface area contributed by atoms with E-state index in [9.17, 15) is 9.18 Å². The Balaban J connectivity index is 2.43. The highest BCUT2D eigenvalue weighted by molar-refractivity contribution is 5.81. The highest BCUT2D eigenvalue weighted by Crippen LogP contribution is 2.03. The van der Waals surface area contributed by atoms with E-state index in [1.54, 1.807) is 25.1 Å². The van der Waals surface area contributed by atoms with Crippen molar-refractivity contribution in [1.29, 1.82) is 0 Å². The van der Waals surface area contributed by atoms with Crippen molar-refractivity contribution in [2.75, 3.05) is 6.61 Å². The van der Waals surface area contributed by atoms with Crippen molar-refractivity contribution >= 4 is 5.97 Å². The molecule has 0 atom stereocenters. The lowest BCUT2D eigenvalue weighted by atomic mass is 10.1. The van der Waals surface area contributed by atoms with E-state index in [1.807, 2.05) is 0 Å². The molecule has 0 aliphatic heterocycles. The van der Waals surface area contributed by atoms with Crippen LogP contribution in [0.3, 0.4) is 0 Å². The maximum absolute atomic E-state index is 12.5. The van der Waals surface area contributed by atoms with Gasteiger partial charge < -0.3 is 4.74 Å². The lowest BCUT2D eigenvalue weighted by Crippen LogP contribution is -1.99. The zero-order chi connectivity index (χ0) is 11.1. The van der Waals surface area contributed by atoms with E-state index >= 15 is 0 Å².